The summed E-state index contributed by atoms with van der Waals surface area (Å²) in [5.74, 6) is -0.809. The number of carbonyl (C=O) groups is 1. The van der Waals surface area contributed by atoms with Crippen molar-refractivity contribution < 1.29 is 24.5 Å². The van der Waals surface area contributed by atoms with Gasteiger partial charge in [0.15, 0.2) is 0 Å². The van der Waals surface area contributed by atoms with E-state index in [-0.39, 0.29) is 19.1 Å². The fourth-order valence-electron chi connectivity index (χ4n) is 1.72. The lowest BCUT2D eigenvalue weighted by Gasteiger charge is -2.18. The molecule has 2 atom stereocenters. The molecule has 5 nitrogen and oxygen atoms in total. The average molecular weight is 232 g/mol. The van der Waals surface area contributed by atoms with Crippen LogP contribution in [0, 0.1) is 5.41 Å². The zero-order valence-electron chi connectivity index (χ0n) is 9.81. The zero-order chi connectivity index (χ0) is 12.2. The molecule has 1 aliphatic rings. The van der Waals surface area contributed by atoms with Crippen LogP contribution in [0.5, 0.6) is 0 Å². The number of hydrogen-bond donors (Lipinski definition) is 2. The van der Waals surface area contributed by atoms with Crippen molar-refractivity contribution in [2.24, 2.45) is 5.41 Å². The predicted molar refractivity (Wildman–Crippen MR) is 57.2 cm³/mol. The van der Waals surface area contributed by atoms with Gasteiger partial charge in [-0.05, 0) is 26.2 Å². The molecule has 0 spiro atoms. The van der Waals surface area contributed by atoms with Crippen LogP contribution in [0.15, 0.2) is 0 Å². The van der Waals surface area contributed by atoms with E-state index in [0.717, 1.165) is 0 Å². The molecule has 0 amide bonds. The highest BCUT2D eigenvalue weighted by molar-refractivity contribution is 5.77. The van der Waals surface area contributed by atoms with Gasteiger partial charge in [0.25, 0.3) is 0 Å². The van der Waals surface area contributed by atoms with Crippen LogP contribution in [0.1, 0.15) is 26.2 Å². The first-order chi connectivity index (χ1) is 7.50. The summed E-state index contributed by atoms with van der Waals surface area (Å²) in [6.07, 6.45) is 0.805. The molecule has 16 heavy (non-hydrogen) atoms. The molecule has 1 rings (SSSR count). The number of ether oxygens (including phenoxy) is 2. The SMILES string of the molecule is COCC(C)OCC(O)CC1(C(=O)O)CC1. The second kappa shape index (κ2) is 5.61. The highest BCUT2D eigenvalue weighted by Gasteiger charge is 2.51. The Bertz CT molecular complexity index is 237. The molecule has 0 bridgehead atoms. The third-order valence-corrected chi connectivity index (χ3v) is 2.91. The Morgan fingerprint density at radius 1 is 1.44 bits per heavy atom. The Labute approximate surface area is 95.4 Å². The van der Waals surface area contributed by atoms with Gasteiger partial charge in [-0.1, -0.05) is 0 Å². The molecule has 1 aliphatic carbocycles. The van der Waals surface area contributed by atoms with Crippen LogP contribution in [0.4, 0.5) is 0 Å². The van der Waals surface area contributed by atoms with Crippen molar-refractivity contribution in [1.82, 2.24) is 0 Å². The minimum atomic E-state index is -0.809. The van der Waals surface area contributed by atoms with Crippen LogP contribution < -0.4 is 0 Å². The van der Waals surface area contributed by atoms with Crippen LogP contribution in [-0.2, 0) is 14.3 Å². The molecular weight excluding hydrogens is 212 g/mol. The summed E-state index contributed by atoms with van der Waals surface area (Å²) in [6, 6.07) is 0. The van der Waals surface area contributed by atoms with Crippen molar-refractivity contribution in [3.8, 4) is 0 Å². The van der Waals surface area contributed by atoms with Gasteiger partial charge in [-0.25, -0.2) is 0 Å². The van der Waals surface area contributed by atoms with Gasteiger partial charge in [0.2, 0.25) is 0 Å². The molecule has 0 heterocycles. The number of hydrogen-bond acceptors (Lipinski definition) is 4. The number of methoxy groups -OCH3 is 1. The summed E-state index contributed by atoms with van der Waals surface area (Å²) in [6.45, 7) is 2.48. The molecule has 5 heteroatoms. The van der Waals surface area contributed by atoms with Crippen molar-refractivity contribution in [3.05, 3.63) is 0 Å². The summed E-state index contributed by atoms with van der Waals surface area (Å²) in [7, 11) is 1.58. The molecule has 0 aromatic rings. The first kappa shape index (κ1) is 13.4. The molecule has 0 radical (unpaired) electrons. The van der Waals surface area contributed by atoms with E-state index >= 15 is 0 Å². The maximum absolute atomic E-state index is 10.9. The smallest absolute Gasteiger partial charge is 0.309 e. The van der Waals surface area contributed by atoms with Crippen molar-refractivity contribution in [2.75, 3.05) is 20.3 Å². The monoisotopic (exact) mass is 232 g/mol. The molecular formula is C11H20O5. The predicted octanol–water partition coefficient (Wildman–Crippen LogP) is 0.654. The van der Waals surface area contributed by atoms with E-state index in [1.54, 1.807) is 7.11 Å². The molecule has 2 unspecified atom stereocenters. The maximum atomic E-state index is 10.9. The van der Waals surface area contributed by atoms with Crippen molar-refractivity contribution >= 4 is 5.97 Å². The lowest BCUT2D eigenvalue weighted by molar-refractivity contribution is -0.145. The van der Waals surface area contributed by atoms with E-state index in [2.05, 4.69) is 0 Å². The number of aliphatic hydroxyl groups is 1. The van der Waals surface area contributed by atoms with Crippen molar-refractivity contribution in [3.63, 3.8) is 0 Å². The topological polar surface area (TPSA) is 76.0 Å². The molecule has 94 valence electrons. The van der Waals surface area contributed by atoms with Gasteiger partial charge in [-0.2, -0.15) is 0 Å². The Hall–Kier alpha value is -0.650. The quantitative estimate of drug-likeness (QED) is 0.642. The highest BCUT2D eigenvalue weighted by atomic mass is 16.5. The first-order valence-electron chi connectivity index (χ1n) is 5.52. The van der Waals surface area contributed by atoms with Crippen LogP contribution in [-0.4, -0.2) is 48.7 Å². The standard InChI is InChI=1S/C11H20O5/c1-8(6-15-2)16-7-9(12)5-11(3-4-11)10(13)14/h8-9,12H,3-7H2,1-2H3,(H,13,14). The number of rotatable bonds is 8. The van der Waals surface area contributed by atoms with Gasteiger partial charge >= 0.3 is 5.97 Å². The fraction of sp³-hybridized carbons (Fsp3) is 0.909. The number of aliphatic hydroxyl groups excluding tert-OH is 1. The number of aliphatic carboxylic acids is 1. The molecule has 1 fully saturated rings. The molecule has 0 aromatic heterocycles. The van der Waals surface area contributed by atoms with Crippen LogP contribution >= 0.6 is 0 Å². The minimum Gasteiger partial charge on any atom is -0.481 e. The van der Waals surface area contributed by atoms with Gasteiger partial charge in [-0.3, -0.25) is 4.79 Å². The third kappa shape index (κ3) is 3.73. The van der Waals surface area contributed by atoms with Gasteiger partial charge in [0.05, 0.1) is 30.8 Å². The maximum Gasteiger partial charge on any atom is 0.309 e. The number of carboxylic acids is 1. The molecule has 0 saturated heterocycles. The summed E-state index contributed by atoms with van der Waals surface area (Å²) in [4.78, 5) is 10.9. The normalized spacial score (nSPS) is 21.4. The Morgan fingerprint density at radius 2 is 2.06 bits per heavy atom. The van der Waals surface area contributed by atoms with Gasteiger partial charge < -0.3 is 19.7 Å². The summed E-state index contributed by atoms with van der Waals surface area (Å²) < 4.78 is 10.2. The molecule has 0 aliphatic heterocycles. The lowest BCUT2D eigenvalue weighted by atomic mass is 9.99. The largest absolute Gasteiger partial charge is 0.481 e. The van der Waals surface area contributed by atoms with Crippen LogP contribution in [0.3, 0.4) is 0 Å². The second-order valence-electron chi connectivity index (χ2n) is 4.54. The Balaban J connectivity index is 2.21. The number of carboxylic acid groups (broad SMARTS) is 1. The van der Waals surface area contributed by atoms with E-state index in [1.165, 1.54) is 0 Å². The third-order valence-electron chi connectivity index (χ3n) is 2.91. The molecule has 1 saturated carbocycles. The van der Waals surface area contributed by atoms with Crippen LogP contribution in [0.25, 0.3) is 0 Å². The summed E-state index contributed by atoms with van der Waals surface area (Å²) >= 11 is 0. The zero-order valence-corrected chi connectivity index (χ0v) is 9.81. The van der Waals surface area contributed by atoms with E-state index in [0.29, 0.717) is 19.4 Å². The minimum absolute atomic E-state index is 0.0837. The van der Waals surface area contributed by atoms with Crippen molar-refractivity contribution in [2.45, 2.75) is 38.4 Å². The van der Waals surface area contributed by atoms with Gasteiger partial charge in [-0.15, -0.1) is 0 Å². The average Bonchev–Trinajstić information content (AvgIpc) is 2.96. The van der Waals surface area contributed by atoms with E-state index in [4.69, 9.17) is 14.6 Å². The van der Waals surface area contributed by atoms with Crippen molar-refractivity contribution in [1.29, 1.82) is 0 Å². The first-order valence-corrected chi connectivity index (χ1v) is 5.52. The van der Waals surface area contributed by atoms with Crippen LogP contribution in [0.2, 0.25) is 0 Å². The Kier molecular flexibility index (Phi) is 4.70. The van der Waals surface area contributed by atoms with Gasteiger partial charge in [0, 0.05) is 7.11 Å². The highest BCUT2D eigenvalue weighted by Crippen LogP contribution is 2.49. The molecule has 0 aromatic carbocycles. The molecule has 2 N–H and O–H groups in total. The van der Waals surface area contributed by atoms with E-state index < -0.39 is 17.5 Å². The van der Waals surface area contributed by atoms with E-state index in [9.17, 15) is 9.90 Å². The second-order valence-corrected chi connectivity index (χ2v) is 4.54. The Morgan fingerprint density at radius 3 is 2.50 bits per heavy atom. The fourth-order valence-corrected chi connectivity index (χ4v) is 1.72. The summed E-state index contributed by atoms with van der Waals surface area (Å²) in [5.41, 5.74) is -0.687. The van der Waals surface area contributed by atoms with Gasteiger partial charge in [0.1, 0.15) is 0 Å². The van der Waals surface area contributed by atoms with E-state index in [1.807, 2.05) is 6.92 Å². The summed E-state index contributed by atoms with van der Waals surface area (Å²) in [5, 5.41) is 18.6. The lowest BCUT2D eigenvalue weighted by Crippen LogP contribution is -2.28.